The van der Waals surface area contributed by atoms with E-state index in [1.54, 1.807) is 6.07 Å². The molecule has 0 saturated heterocycles. The summed E-state index contributed by atoms with van der Waals surface area (Å²) in [5.41, 5.74) is 0.742. The van der Waals surface area contributed by atoms with Crippen LogP contribution >= 0.6 is 0 Å². The molecule has 0 saturated carbocycles. The highest BCUT2D eigenvalue weighted by molar-refractivity contribution is 5.44. The van der Waals surface area contributed by atoms with Gasteiger partial charge in [0.2, 0.25) is 0 Å². The van der Waals surface area contributed by atoms with E-state index >= 15 is 0 Å². The second kappa shape index (κ2) is 6.38. The molecule has 0 amide bonds. The summed E-state index contributed by atoms with van der Waals surface area (Å²) in [5, 5.41) is 22.2. The molecule has 16 heavy (non-hydrogen) atoms. The van der Waals surface area contributed by atoms with Crippen LogP contribution in [-0.2, 0) is 6.54 Å². The van der Waals surface area contributed by atoms with E-state index in [1.165, 1.54) is 6.07 Å². The second-order valence-electron chi connectivity index (χ2n) is 4.10. The van der Waals surface area contributed by atoms with Gasteiger partial charge >= 0.3 is 0 Å². The number of hydrogen-bond donors (Lipinski definition) is 3. The molecule has 3 heteroatoms. The van der Waals surface area contributed by atoms with Crippen molar-refractivity contribution in [3.8, 4) is 11.5 Å². The number of hydrogen-bond acceptors (Lipinski definition) is 3. The fourth-order valence-electron chi connectivity index (χ4n) is 1.71. The van der Waals surface area contributed by atoms with Crippen molar-refractivity contribution in [2.24, 2.45) is 5.92 Å². The maximum Gasteiger partial charge on any atom is 0.161 e. The van der Waals surface area contributed by atoms with Crippen molar-refractivity contribution in [3.63, 3.8) is 0 Å². The van der Waals surface area contributed by atoms with E-state index in [1.807, 2.05) is 6.07 Å². The average molecular weight is 223 g/mol. The van der Waals surface area contributed by atoms with Crippen molar-refractivity contribution in [1.82, 2.24) is 5.32 Å². The highest BCUT2D eigenvalue weighted by Gasteiger charge is 2.06. The van der Waals surface area contributed by atoms with Gasteiger partial charge in [-0.15, -0.1) is 0 Å². The Bertz CT molecular complexity index is 322. The Morgan fingerprint density at radius 3 is 2.50 bits per heavy atom. The van der Waals surface area contributed by atoms with Crippen molar-refractivity contribution in [1.29, 1.82) is 0 Å². The molecule has 0 aliphatic carbocycles. The molecular formula is C13H21NO2. The second-order valence-corrected chi connectivity index (χ2v) is 4.10. The summed E-state index contributed by atoms with van der Waals surface area (Å²) < 4.78 is 0. The van der Waals surface area contributed by atoms with Gasteiger partial charge in [-0.25, -0.2) is 0 Å². The number of phenols is 2. The predicted octanol–water partition coefficient (Wildman–Crippen LogP) is 2.62. The van der Waals surface area contributed by atoms with Gasteiger partial charge in [0, 0.05) is 12.1 Å². The third-order valence-corrected chi connectivity index (χ3v) is 3.00. The highest BCUT2D eigenvalue weighted by atomic mass is 16.3. The van der Waals surface area contributed by atoms with E-state index in [-0.39, 0.29) is 11.5 Å². The van der Waals surface area contributed by atoms with Crippen LogP contribution in [-0.4, -0.2) is 16.8 Å². The van der Waals surface area contributed by atoms with E-state index in [9.17, 15) is 10.2 Å². The Morgan fingerprint density at radius 2 is 1.88 bits per heavy atom. The third-order valence-electron chi connectivity index (χ3n) is 3.00. The van der Waals surface area contributed by atoms with Crippen molar-refractivity contribution in [2.45, 2.75) is 33.2 Å². The lowest BCUT2D eigenvalue weighted by atomic mass is 10.0. The number of aromatic hydroxyl groups is 2. The first-order chi connectivity index (χ1) is 7.69. The first kappa shape index (κ1) is 12.8. The molecule has 0 spiro atoms. The average Bonchev–Trinajstić information content (AvgIpc) is 2.30. The minimum atomic E-state index is -0.0539. The van der Waals surface area contributed by atoms with E-state index in [0.29, 0.717) is 12.5 Å². The molecule has 0 bridgehead atoms. The van der Waals surface area contributed by atoms with E-state index < -0.39 is 0 Å². The van der Waals surface area contributed by atoms with Crippen LogP contribution in [0.5, 0.6) is 11.5 Å². The van der Waals surface area contributed by atoms with Gasteiger partial charge in [-0.1, -0.05) is 38.8 Å². The fraction of sp³-hybridized carbons (Fsp3) is 0.538. The lowest BCUT2D eigenvalue weighted by molar-refractivity contribution is 0.394. The van der Waals surface area contributed by atoms with Gasteiger partial charge in [-0.05, 0) is 18.5 Å². The molecule has 0 fully saturated rings. The Hall–Kier alpha value is -1.22. The summed E-state index contributed by atoms with van der Waals surface area (Å²) in [6, 6.07) is 5.04. The summed E-state index contributed by atoms with van der Waals surface area (Å²) in [6.45, 7) is 5.90. The molecule has 1 aromatic rings. The lowest BCUT2D eigenvalue weighted by Gasteiger charge is -2.13. The topological polar surface area (TPSA) is 52.5 Å². The van der Waals surface area contributed by atoms with Crippen LogP contribution in [0.15, 0.2) is 18.2 Å². The largest absolute Gasteiger partial charge is 0.504 e. The molecule has 0 aromatic heterocycles. The van der Waals surface area contributed by atoms with Gasteiger partial charge < -0.3 is 15.5 Å². The maximum atomic E-state index is 9.59. The molecule has 0 atom stereocenters. The summed E-state index contributed by atoms with van der Waals surface area (Å²) in [4.78, 5) is 0. The summed E-state index contributed by atoms with van der Waals surface area (Å²) >= 11 is 0. The molecule has 3 nitrogen and oxygen atoms in total. The van der Waals surface area contributed by atoms with Gasteiger partial charge in [0.05, 0.1) is 0 Å². The molecule has 3 N–H and O–H groups in total. The van der Waals surface area contributed by atoms with Gasteiger partial charge in [0.1, 0.15) is 0 Å². The van der Waals surface area contributed by atoms with Crippen LogP contribution in [0.3, 0.4) is 0 Å². The van der Waals surface area contributed by atoms with Crippen molar-refractivity contribution in [3.05, 3.63) is 23.8 Å². The Morgan fingerprint density at radius 1 is 1.19 bits per heavy atom. The standard InChI is InChI=1S/C13H21NO2/c1-3-10(4-2)8-14-9-11-6-5-7-12(15)13(11)16/h5-7,10,14-16H,3-4,8-9H2,1-2H3. The van der Waals surface area contributed by atoms with Crippen molar-refractivity contribution >= 4 is 0 Å². The van der Waals surface area contributed by atoms with Crippen LogP contribution in [0.2, 0.25) is 0 Å². The first-order valence-corrected chi connectivity index (χ1v) is 5.89. The number of para-hydroxylation sites is 1. The smallest absolute Gasteiger partial charge is 0.161 e. The van der Waals surface area contributed by atoms with E-state index in [0.717, 1.165) is 24.9 Å². The van der Waals surface area contributed by atoms with Crippen LogP contribution in [0.4, 0.5) is 0 Å². The van der Waals surface area contributed by atoms with E-state index in [2.05, 4.69) is 19.2 Å². The predicted molar refractivity (Wildman–Crippen MR) is 65.6 cm³/mol. The zero-order valence-corrected chi connectivity index (χ0v) is 10.0. The Kier molecular flexibility index (Phi) is 5.12. The molecule has 0 aliphatic rings. The fourth-order valence-corrected chi connectivity index (χ4v) is 1.71. The normalized spacial score (nSPS) is 10.9. The molecule has 0 heterocycles. The molecule has 1 aromatic carbocycles. The minimum absolute atomic E-state index is 0.0143. The maximum absolute atomic E-state index is 9.59. The first-order valence-electron chi connectivity index (χ1n) is 5.89. The van der Waals surface area contributed by atoms with Crippen LogP contribution in [0, 0.1) is 5.92 Å². The lowest BCUT2D eigenvalue weighted by Crippen LogP contribution is -2.21. The number of benzene rings is 1. The van der Waals surface area contributed by atoms with Gasteiger partial charge in [-0.2, -0.15) is 0 Å². The Labute approximate surface area is 97.1 Å². The van der Waals surface area contributed by atoms with Crippen molar-refractivity contribution in [2.75, 3.05) is 6.54 Å². The number of phenolic OH excluding ortho intramolecular Hbond substituents is 2. The zero-order chi connectivity index (χ0) is 12.0. The van der Waals surface area contributed by atoms with E-state index in [4.69, 9.17) is 0 Å². The molecule has 1 rings (SSSR count). The highest BCUT2D eigenvalue weighted by Crippen LogP contribution is 2.27. The molecule has 0 aliphatic heterocycles. The minimum Gasteiger partial charge on any atom is -0.504 e. The third kappa shape index (κ3) is 3.42. The monoisotopic (exact) mass is 223 g/mol. The molecule has 90 valence electrons. The van der Waals surface area contributed by atoms with Crippen LogP contribution in [0.1, 0.15) is 32.3 Å². The van der Waals surface area contributed by atoms with Gasteiger partial charge in [0.25, 0.3) is 0 Å². The number of rotatable bonds is 6. The van der Waals surface area contributed by atoms with Gasteiger partial charge in [0.15, 0.2) is 11.5 Å². The zero-order valence-electron chi connectivity index (χ0n) is 10.0. The summed E-state index contributed by atoms with van der Waals surface area (Å²) in [7, 11) is 0. The van der Waals surface area contributed by atoms with Crippen LogP contribution in [0.25, 0.3) is 0 Å². The summed E-state index contributed by atoms with van der Waals surface area (Å²) in [6.07, 6.45) is 2.32. The summed E-state index contributed by atoms with van der Waals surface area (Å²) in [5.74, 6) is 0.612. The molecule has 0 unspecified atom stereocenters. The number of nitrogens with one attached hydrogen (secondary N) is 1. The van der Waals surface area contributed by atoms with Gasteiger partial charge in [-0.3, -0.25) is 0 Å². The SMILES string of the molecule is CCC(CC)CNCc1cccc(O)c1O. The Balaban J connectivity index is 2.46. The van der Waals surface area contributed by atoms with Crippen LogP contribution < -0.4 is 5.32 Å². The molecular weight excluding hydrogens is 202 g/mol. The van der Waals surface area contributed by atoms with Crippen molar-refractivity contribution < 1.29 is 10.2 Å². The quantitative estimate of drug-likeness (QED) is 0.650. The molecule has 0 radical (unpaired) electrons.